The lowest BCUT2D eigenvalue weighted by atomic mass is 9.90. The van der Waals surface area contributed by atoms with Gasteiger partial charge in [0, 0.05) is 12.0 Å². The molecule has 0 spiro atoms. The van der Waals surface area contributed by atoms with Crippen LogP contribution in [0.3, 0.4) is 0 Å². The third-order valence-electron chi connectivity index (χ3n) is 6.66. The van der Waals surface area contributed by atoms with Crippen LogP contribution in [-0.2, 0) is 40.2 Å². The van der Waals surface area contributed by atoms with Crippen LogP contribution in [0.5, 0.6) is 0 Å². The highest BCUT2D eigenvalue weighted by Crippen LogP contribution is 2.29. The van der Waals surface area contributed by atoms with Crippen LogP contribution >= 0.6 is 0 Å². The van der Waals surface area contributed by atoms with Crippen molar-refractivity contribution in [1.29, 1.82) is 0 Å². The summed E-state index contributed by atoms with van der Waals surface area (Å²) in [6.45, 7) is 0.00437. The first-order chi connectivity index (χ1) is 17.9. The second kappa shape index (κ2) is 10.3. The van der Waals surface area contributed by atoms with Gasteiger partial charge in [-0.1, -0.05) is 36.4 Å². The SMILES string of the molecule is O=C(N[C@H]1CC(=O)N(c2cc(Cc3n[nH]c(=O)c4c3CCCC4)ccc2F)C1=O)OCc1ccccc1. The van der Waals surface area contributed by atoms with E-state index in [2.05, 4.69) is 15.5 Å². The van der Waals surface area contributed by atoms with E-state index >= 15 is 0 Å². The molecule has 1 aromatic heterocycles. The van der Waals surface area contributed by atoms with Gasteiger partial charge in [-0.2, -0.15) is 5.10 Å². The summed E-state index contributed by atoms with van der Waals surface area (Å²) in [5.41, 5.74) is 3.35. The molecule has 3 amide bonds. The normalized spacial score (nSPS) is 17.0. The van der Waals surface area contributed by atoms with E-state index in [1.165, 1.54) is 12.1 Å². The van der Waals surface area contributed by atoms with Gasteiger partial charge < -0.3 is 10.1 Å². The topological polar surface area (TPSA) is 121 Å². The number of hydrogen-bond acceptors (Lipinski definition) is 6. The number of ether oxygens (including phenoxy) is 1. The maximum atomic E-state index is 14.8. The van der Waals surface area contributed by atoms with E-state index in [9.17, 15) is 23.6 Å². The van der Waals surface area contributed by atoms with Crippen LogP contribution in [0.1, 0.15) is 47.2 Å². The molecule has 3 aromatic rings. The lowest BCUT2D eigenvalue weighted by Gasteiger charge is -2.19. The molecule has 2 N–H and O–H groups in total. The van der Waals surface area contributed by atoms with E-state index in [1.807, 2.05) is 6.07 Å². The van der Waals surface area contributed by atoms with Crippen LogP contribution in [0, 0.1) is 5.82 Å². The third kappa shape index (κ3) is 5.13. The molecule has 0 radical (unpaired) electrons. The fraction of sp³-hybridized carbons (Fsp3) is 0.296. The molecule has 190 valence electrons. The number of imide groups is 1. The van der Waals surface area contributed by atoms with E-state index in [0.29, 0.717) is 24.1 Å². The number of aromatic nitrogens is 2. The Hall–Kier alpha value is -4.34. The van der Waals surface area contributed by atoms with Crippen molar-refractivity contribution < 1.29 is 23.5 Å². The fourth-order valence-corrected chi connectivity index (χ4v) is 4.81. The zero-order valence-corrected chi connectivity index (χ0v) is 20.0. The molecule has 0 bridgehead atoms. The van der Waals surface area contributed by atoms with Gasteiger partial charge in [0.1, 0.15) is 18.5 Å². The Bertz CT molecular complexity index is 1420. The van der Waals surface area contributed by atoms with Crippen molar-refractivity contribution in [3.05, 3.63) is 92.6 Å². The van der Waals surface area contributed by atoms with Gasteiger partial charge in [0.2, 0.25) is 5.91 Å². The Kier molecular flexibility index (Phi) is 6.80. The number of nitrogens with zero attached hydrogens (tertiary/aromatic N) is 2. The Morgan fingerprint density at radius 1 is 1.05 bits per heavy atom. The molecular weight excluding hydrogens is 479 g/mol. The van der Waals surface area contributed by atoms with E-state index in [1.54, 1.807) is 30.3 Å². The smallest absolute Gasteiger partial charge is 0.408 e. The number of carbonyl (C=O) groups is 3. The number of hydrogen-bond donors (Lipinski definition) is 2. The average Bonchev–Trinajstić information content (AvgIpc) is 3.18. The monoisotopic (exact) mass is 504 g/mol. The maximum absolute atomic E-state index is 14.8. The molecule has 10 heteroatoms. The molecule has 2 aromatic carbocycles. The molecular formula is C27H25FN4O5. The van der Waals surface area contributed by atoms with Crippen molar-refractivity contribution in [2.45, 2.75) is 51.2 Å². The van der Waals surface area contributed by atoms with Gasteiger partial charge in [-0.15, -0.1) is 0 Å². The van der Waals surface area contributed by atoms with Gasteiger partial charge >= 0.3 is 6.09 Å². The Morgan fingerprint density at radius 2 is 1.81 bits per heavy atom. The fourth-order valence-electron chi connectivity index (χ4n) is 4.81. The number of aromatic amines is 1. The zero-order chi connectivity index (χ0) is 25.9. The van der Waals surface area contributed by atoms with Gasteiger partial charge in [-0.25, -0.2) is 19.2 Å². The summed E-state index contributed by atoms with van der Waals surface area (Å²) in [5.74, 6) is -2.11. The number of fused-ring (bicyclic) bond motifs is 1. The summed E-state index contributed by atoms with van der Waals surface area (Å²) in [4.78, 5) is 50.8. The number of anilines is 1. The van der Waals surface area contributed by atoms with Gasteiger partial charge in [0.05, 0.1) is 17.8 Å². The first-order valence-electron chi connectivity index (χ1n) is 12.1. The number of amides is 3. The minimum absolute atomic E-state index is 0.00437. The van der Waals surface area contributed by atoms with Crippen LogP contribution in [0.25, 0.3) is 0 Å². The van der Waals surface area contributed by atoms with E-state index in [-0.39, 0.29) is 24.3 Å². The van der Waals surface area contributed by atoms with E-state index < -0.39 is 29.8 Å². The number of alkyl carbamates (subject to hydrolysis) is 1. The van der Waals surface area contributed by atoms with Gasteiger partial charge in [0.25, 0.3) is 11.5 Å². The zero-order valence-electron chi connectivity index (χ0n) is 20.0. The van der Waals surface area contributed by atoms with Gasteiger partial charge in [-0.05, 0) is 54.5 Å². The highest BCUT2D eigenvalue weighted by molar-refractivity contribution is 6.23. The first kappa shape index (κ1) is 24.4. The van der Waals surface area contributed by atoms with Crippen LogP contribution in [-0.4, -0.2) is 34.1 Å². The molecule has 2 heterocycles. The highest BCUT2D eigenvalue weighted by Gasteiger charge is 2.42. The number of H-pyrrole nitrogens is 1. The Balaban J connectivity index is 1.31. The number of carbonyl (C=O) groups excluding carboxylic acids is 3. The number of rotatable bonds is 6. The summed E-state index contributed by atoms with van der Waals surface area (Å²) in [7, 11) is 0. The second-order valence-corrected chi connectivity index (χ2v) is 9.16. The Morgan fingerprint density at radius 3 is 2.59 bits per heavy atom. The molecule has 1 atom stereocenters. The van der Waals surface area contributed by atoms with Crippen molar-refractivity contribution in [2.75, 3.05) is 4.90 Å². The summed E-state index contributed by atoms with van der Waals surface area (Å²) in [6.07, 6.45) is 2.47. The number of halogens is 1. The lowest BCUT2D eigenvalue weighted by molar-refractivity contribution is -0.121. The number of nitrogens with one attached hydrogen (secondary N) is 2. The van der Waals surface area contributed by atoms with E-state index in [0.717, 1.165) is 40.9 Å². The predicted molar refractivity (Wildman–Crippen MR) is 131 cm³/mol. The summed E-state index contributed by atoms with van der Waals surface area (Å²) in [5, 5.41) is 9.15. The molecule has 0 saturated carbocycles. The van der Waals surface area contributed by atoms with Crippen molar-refractivity contribution in [3.8, 4) is 0 Å². The molecule has 0 unspecified atom stereocenters. The molecule has 9 nitrogen and oxygen atoms in total. The first-order valence-corrected chi connectivity index (χ1v) is 12.1. The highest BCUT2D eigenvalue weighted by atomic mass is 19.1. The van der Waals surface area contributed by atoms with Crippen molar-refractivity contribution in [3.63, 3.8) is 0 Å². The predicted octanol–water partition coefficient (Wildman–Crippen LogP) is 2.94. The summed E-state index contributed by atoms with van der Waals surface area (Å²) >= 11 is 0. The standard InChI is InChI=1S/C27H25FN4O5/c28-20-11-10-17(12-21-18-8-4-5-9-19(18)25(34)31-30-21)13-23(20)32-24(33)14-22(26(32)35)29-27(36)37-15-16-6-2-1-3-7-16/h1-3,6-7,10-11,13,22H,4-5,8-9,12,14-15H2,(H,29,36)(H,31,34)/t22-/m0/s1. The minimum atomic E-state index is -1.16. The van der Waals surface area contributed by atoms with Crippen LogP contribution in [0.15, 0.2) is 53.3 Å². The molecule has 37 heavy (non-hydrogen) atoms. The molecule has 1 fully saturated rings. The van der Waals surface area contributed by atoms with Crippen LogP contribution in [0.2, 0.25) is 0 Å². The molecule has 2 aliphatic rings. The van der Waals surface area contributed by atoms with Gasteiger partial charge in [-0.3, -0.25) is 14.4 Å². The lowest BCUT2D eigenvalue weighted by Crippen LogP contribution is -2.42. The van der Waals surface area contributed by atoms with Crippen molar-refractivity contribution in [1.82, 2.24) is 15.5 Å². The average molecular weight is 505 g/mol. The number of benzene rings is 2. The van der Waals surface area contributed by atoms with Crippen LogP contribution < -0.4 is 15.8 Å². The largest absolute Gasteiger partial charge is 0.445 e. The van der Waals surface area contributed by atoms with Crippen molar-refractivity contribution in [2.24, 2.45) is 0 Å². The maximum Gasteiger partial charge on any atom is 0.408 e. The van der Waals surface area contributed by atoms with Gasteiger partial charge in [0.15, 0.2) is 0 Å². The van der Waals surface area contributed by atoms with E-state index in [4.69, 9.17) is 4.74 Å². The quantitative estimate of drug-likeness (QED) is 0.498. The molecule has 5 rings (SSSR count). The summed E-state index contributed by atoms with van der Waals surface area (Å²) in [6, 6.07) is 12.0. The van der Waals surface area contributed by atoms with Crippen LogP contribution in [0.4, 0.5) is 14.9 Å². The van der Waals surface area contributed by atoms with Crippen molar-refractivity contribution >= 4 is 23.6 Å². The molecule has 1 saturated heterocycles. The third-order valence-corrected chi connectivity index (χ3v) is 6.66. The second-order valence-electron chi connectivity index (χ2n) is 9.16. The minimum Gasteiger partial charge on any atom is -0.445 e. The molecule has 1 aliphatic heterocycles. The Labute approximate surface area is 211 Å². The summed E-state index contributed by atoms with van der Waals surface area (Å²) < 4.78 is 19.9. The molecule has 1 aliphatic carbocycles.